The van der Waals surface area contributed by atoms with Crippen LogP contribution in [0.1, 0.15) is 22.3 Å². The van der Waals surface area contributed by atoms with E-state index in [9.17, 15) is 4.79 Å². The Morgan fingerprint density at radius 1 is 1.59 bits per heavy atom. The molecule has 0 aromatic heterocycles. The largest absolute Gasteiger partial charge is 0.337 e. The van der Waals surface area contributed by atoms with Gasteiger partial charge in [0.2, 0.25) is 0 Å². The molecule has 1 unspecified atom stereocenters. The summed E-state index contributed by atoms with van der Waals surface area (Å²) < 4.78 is 0. The first-order chi connectivity index (χ1) is 8.22. The Morgan fingerprint density at radius 3 is 3.06 bits per heavy atom. The predicted octanol–water partition coefficient (Wildman–Crippen LogP) is 0.992. The normalized spacial score (nSPS) is 18.7. The maximum Gasteiger partial charge on any atom is 0.253 e. The smallest absolute Gasteiger partial charge is 0.253 e. The van der Waals surface area contributed by atoms with Crippen LogP contribution < -0.4 is 5.32 Å². The van der Waals surface area contributed by atoms with Crippen molar-refractivity contribution in [3.8, 4) is 6.07 Å². The zero-order chi connectivity index (χ0) is 12.3. The van der Waals surface area contributed by atoms with Gasteiger partial charge >= 0.3 is 0 Å². The van der Waals surface area contributed by atoms with Crippen molar-refractivity contribution in [3.63, 3.8) is 0 Å². The number of nitrogens with one attached hydrogen (secondary N) is 1. The molecule has 1 aliphatic rings. The highest BCUT2D eigenvalue weighted by molar-refractivity contribution is 5.94. The average Bonchev–Trinajstić information content (AvgIpc) is 2.91. The summed E-state index contributed by atoms with van der Waals surface area (Å²) in [7, 11) is 1.82. The van der Waals surface area contributed by atoms with Gasteiger partial charge in [-0.25, -0.2) is 0 Å². The van der Waals surface area contributed by atoms with E-state index in [1.165, 1.54) is 0 Å². The van der Waals surface area contributed by atoms with Gasteiger partial charge < -0.3 is 10.2 Å². The Balaban J connectivity index is 2.15. The van der Waals surface area contributed by atoms with E-state index in [2.05, 4.69) is 5.32 Å². The van der Waals surface area contributed by atoms with Crippen LogP contribution >= 0.6 is 0 Å². The van der Waals surface area contributed by atoms with Gasteiger partial charge in [-0.15, -0.1) is 0 Å². The fourth-order valence-electron chi connectivity index (χ4n) is 2.06. The van der Waals surface area contributed by atoms with Crippen LogP contribution in [0, 0.1) is 11.3 Å². The number of amides is 1. The average molecular weight is 229 g/mol. The van der Waals surface area contributed by atoms with E-state index in [1.807, 2.05) is 13.1 Å². The minimum absolute atomic E-state index is 0.0178. The SMILES string of the molecule is CN(C(=O)c1cccc(C#N)c1)C1CCNC1. The number of nitriles is 1. The zero-order valence-corrected chi connectivity index (χ0v) is 9.81. The van der Waals surface area contributed by atoms with Crippen molar-refractivity contribution in [1.82, 2.24) is 10.2 Å². The summed E-state index contributed by atoms with van der Waals surface area (Å²) in [6.45, 7) is 1.81. The van der Waals surface area contributed by atoms with Crippen LogP contribution in [-0.2, 0) is 0 Å². The highest BCUT2D eigenvalue weighted by atomic mass is 16.2. The van der Waals surface area contributed by atoms with Crippen LogP contribution in [0.3, 0.4) is 0 Å². The van der Waals surface area contributed by atoms with Gasteiger partial charge in [-0.1, -0.05) is 6.07 Å². The number of nitrogens with zero attached hydrogens (tertiary/aromatic N) is 2. The van der Waals surface area contributed by atoms with Gasteiger partial charge in [0.25, 0.3) is 5.91 Å². The van der Waals surface area contributed by atoms with E-state index in [0.717, 1.165) is 19.5 Å². The van der Waals surface area contributed by atoms with E-state index in [4.69, 9.17) is 5.26 Å². The molecule has 0 saturated carbocycles. The third-order valence-corrected chi connectivity index (χ3v) is 3.14. The number of benzene rings is 1. The van der Waals surface area contributed by atoms with Crippen molar-refractivity contribution < 1.29 is 4.79 Å². The van der Waals surface area contributed by atoms with Crippen molar-refractivity contribution in [3.05, 3.63) is 35.4 Å². The van der Waals surface area contributed by atoms with Gasteiger partial charge in [0.05, 0.1) is 11.6 Å². The Bertz CT molecular complexity index is 458. The number of likely N-dealkylation sites (N-methyl/N-ethyl adjacent to an activating group) is 1. The number of carbonyl (C=O) groups is 1. The van der Waals surface area contributed by atoms with Crippen LogP contribution in [-0.4, -0.2) is 37.0 Å². The minimum Gasteiger partial charge on any atom is -0.337 e. The number of carbonyl (C=O) groups excluding carboxylic acids is 1. The van der Waals surface area contributed by atoms with Crippen LogP contribution in [0.4, 0.5) is 0 Å². The second kappa shape index (κ2) is 4.98. The molecular formula is C13H15N3O. The Kier molecular flexibility index (Phi) is 3.40. The molecule has 0 bridgehead atoms. The molecule has 1 aromatic carbocycles. The van der Waals surface area contributed by atoms with Gasteiger partial charge in [0, 0.05) is 25.2 Å². The highest BCUT2D eigenvalue weighted by Crippen LogP contribution is 2.12. The summed E-state index contributed by atoms with van der Waals surface area (Å²) in [5.41, 5.74) is 1.10. The summed E-state index contributed by atoms with van der Waals surface area (Å²) in [5, 5.41) is 12.0. The third-order valence-electron chi connectivity index (χ3n) is 3.14. The molecule has 1 amide bonds. The lowest BCUT2D eigenvalue weighted by molar-refractivity contribution is 0.0744. The van der Waals surface area contributed by atoms with Crippen molar-refractivity contribution in [2.75, 3.05) is 20.1 Å². The van der Waals surface area contributed by atoms with Gasteiger partial charge in [-0.05, 0) is 31.2 Å². The number of rotatable bonds is 2. The molecule has 0 aliphatic carbocycles. The lowest BCUT2D eigenvalue weighted by atomic mass is 10.1. The molecule has 4 nitrogen and oxygen atoms in total. The summed E-state index contributed by atoms with van der Waals surface area (Å²) >= 11 is 0. The van der Waals surface area contributed by atoms with Gasteiger partial charge in [-0.3, -0.25) is 4.79 Å². The Hall–Kier alpha value is -1.86. The number of hydrogen-bond acceptors (Lipinski definition) is 3. The molecule has 4 heteroatoms. The fraction of sp³-hybridized carbons (Fsp3) is 0.385. The van der Waals surface area contributed by atoms with Crippen molar-refractivity contribution >= 4 is 5.91 Å². The molecule has 2 rings (SSSR count). The van der Waals surface area contributed by atoms with Gasteiger partial charge in [-0.2, -0.15) is 5.26 Å². The topological polar surface area (TPSA) is 56.1 Å². The molecule has 0 spiro atoms. The Labute approximate surface area is 101 Å². The molecule has 1 atom stereocenters. The molecule has 17 heavy (non-hydrogen) atoms. The van der Waals surface area contributed by atoms with E-state index < -0.39 is 0 Å². The summed E-state index contributed by atoms with van der Waals surface area (Å²) in [6.07, 6.45) is 0.986. The molecule has 1 saturated heterocycles. The molecule has 0 radical (unpaired) electrons. The van der Waals surface area contributed by atoms with Gasteiger partial charge in [0.15, 0.2) is 0 Å². The van der Waals surface area contributed by atoms with Crippen LogP contribution in [0.15, 0.2) is 24.3 Å². The number of hydrogen-bond donors (Lipinski definition) is 1. The van der Waals surface area contributed by atoms with E-state index in [0.29, 0.717) is 11.1 Å². The quantitative estimate of drug-likeness (QED) is 0.823. The summed E-state index contributed by atoms with van der Waals surface area (Å²) in [5.74, 6) is -0.0178. The standard InChI is InChI=1S/C13H15N3O/c1-16(12-5-6-15-9-12)13(17)11-4-2-3-10(7-11)8-14/h2-4,7,12,15H,5-6,9H2,1H3. The molecule has 1 aliphatic heterocycles. The lowest BCUT2D eigenvalue weighted by Gasteiger charge is -2.23. The van der Waals surface area contributed by atoms with Crippen LogP contribution in [0.2, 0.25) is 0 Å². The maximum atomic E-state index is 12.2. The minimum atomic E-state index is -0.0178. The van der Waals surface area contributed by atoms with Crippen molar-refractivity contribution in [2.24, 2.45) is 0 Å². The molecule has 88 valence electrons. The van der Waals surface area contributed by atoms with Gasteiger partial charge in [0.1, 0.15) is 0 Å². The molecule has 1 heterocycles. The van der Waals surface area contributed by atoms with E-state index >= 15 is 0 Å². The lowest BCUT2D eigenvalue weighted by Crippen LogP contribution is -2.38. The Morgan fingerprint density at radius 2 is 2.41 bits per heavy atom. The highest BCUT2D eigenvalue weighted by Gasteiger charge is 2.23. The molecule has 1 fully saturated rings. The van der Waals surface area contributed by atoms with Crippen molar-refractivity contribution in [2.45, 2.75) is 12.5 Å². The maximum absolute atomic E-state index is 12.2. The summed E-state index contributed by atoms with van der Waals surface area (Å²) in [6, 6.07) is 9.14. The monoisotopic (exact) mass is 229 g/mol. The molecular weight excluding hydrogens is 214 g/mol. The van der Waals surface area contributed by atoms with Crippen LogP contribution in [0.5, 0.6) is 0 Å². The van der Waals surface area contributed by atoms with Crippen LogP contribution in [0.25, 0.3) is 0 Å². The third kappa shape index (κ3) is 2.45. The second-order valence-electron chi connectivity index (χ2n) is 4.26. The predicted molar refractivity (Wildman–Crippen MR) is 64.5 cm³/mol. The molecule has 1 aromatic rings. The summed E-state index contributed by atoms with van der Waals surface area (Å²) in [4.78, 5) is 13.9. The first-order valence-electron chi connectivity index (χ1n) is 5.70. The zero-order valence-electron chi connectivity index (χ0n) is 9.81. The first kappa shape index (κ1) is 11.6. The molecule has 1 N–H and O–H groups in total. The van der Waals surface area contributed by atoms with E-state index in [1.54, 1.807) is 29.2 Å². The van der Waals surface area contributed by atoms with Crippen molar-refractivity contribution in [1.29, 1.82) is 5.26 Å². The fourth-order valence-corrected chi connectivity index (χ4v) is 2.06. The van der Waals surface area contributed by atoms with E-state index in [-0.39, 0.29) is 11.9 Å². The second-order valence-corrected chi connectivity index (χ2v) is 4.26. The first-order valence-corrected chi connectivity index (χ1v) is 5.70.